The maximum Gasteiger partial charge on any atom is 0.229 e. The van der Waals surface area contributed by atoms with Gasteiger partial charge in [0, 0.05) is 24.1 Å². The summed E-state index contributed by atoms with van der Waals surface area (Å²) in [5.41, 5.74) is 4.81. The second-order valence-electron chi connectivity index (χ2n) is 7.11. The zero-order valence-electron chi connectivity index (χ0n) is 16.8. The maximum absolute atomic E-state index is 11.7. The number of carbonyl (C=O) groups excluding carboxylic acids is 1. The molecular formula is C23H24N4O2. The molecule has 1 atom stereocenters. The first-order valence-electron chi connectivity index (χ1n) is 9.70. The number of hydrogen-bond donors (Lipinski definition) is 2. The van der Waals surface area contributed by atoms with Gasteiger partial charge >= 0.3 is 0 Å². The molecule has 1 heterocycles. The Kier molecular flexibility index (Phi) is 5.16. The second kappa shape index (κ2) is 7.91. The van der Waals surface area contributed by atoms with Crippen molar-refractivity contribution in [3.63, 3.8) is 0 Å². The van der Waals surface area contributed by atoms with E-state index in [0.717, 1.165) is 24.4 Å². The monoisotopic (exact) mass is 388 g/mol. The van der Waals surface area contributed by atoms with Crippen LogP contribution in [-0.4, -0.2) is 29.9 Å². The lowest BCUT2D eigenvalue weighted by molar-refractivity contribution is 0.101. The van der Waals surface area contributed by atoms with E-state index in [4.69, 9.17) is 9.72 Å². The highest BCUT2D eigenvalue weighted by Gasteiger charge is 2.29. The number of methoxy groups -OCH3 is 1. The van der Waals surface area contributed by atoms with Crippen molar-refractivity contribution in [1.29, 1.82) is 0 Å². The summed E-state index contributed by atoms with van der Waals surface area (Å²) in [4.78, 5) is 21.2. The van der Waals surface area contributed by atoms with E-state index in [1.807, 2.05) is 19.2 Å². The highest BCUT2D eigenvalue weighted by molar-refractivity contribution is 5.95. The summed E-state index contributed by atoms with van der Waals surface area (Å²) in [6, 6.07) is 15.8. The molecule has 29 heavy (non-hydrogen) atoms. The van der Waals surface area contributed by atoms with Crippen molar-refractivity contribution in [2.75, 3.05) is 24.8 Å². The largest absolute Gasteiger partial charge is 0.495 e. The topological polar surface area (TPSA) is 76.1 Å². The summed E-state index contributed by atoms with van der Waals surface area (Å²) in [6.45, 7) is 1.54. The summed E-state index contributed by atoms with van der Waals surface area (Å²) in [5.74, 6) is 2.17. The van der Waals surface area contributed by atoms with Gasteiger partial charge in [0.1, 0.15) is 11.6 Å². The van der Waals surface area contributed by atoms with Crippen molar-refractivity contribution in [3.8, 4) is 5.75 Å². The fraction of sp³-hybridized carbons (Fsp3) is 0.261. The van der Waals surface area contributed by atoms with Gasteiger partial charge in [-0.3, -0.25) is 4.79 Å². The van der Waals surface area contributed by atoms with Gasteiger partial charge in [-0.1, -0.05) is 30.3 Å². The van der Waals surface area contributed by atoms with E-state index >= 15 is 0 Å². The van der Waals surface area contributed by atoms with Crippen LogP contribution in [0, 0.1) is 0 Å². The molecule has 0 saturated carbocycles. The number of rotatable bonds is 6. The first kappa shape index (κ1) is 18.9. The molecule has 0 spiro atoms. The minimum absolute atomic E-state index is 0.00759. The van der Waals surface area contributed by atoms with Crippen molar-refractivity contribution in [2.45, 2.75) is 25.7 Å². The molecule has 148 valence electrons. The Balaban J connectivity index is 1.72. The Morgan fingerprint density at radius 3 is 2.62 bits per heavy atom. The van der Waals surface area contributed by atoms with E-state index in [9.17, 15) is 4.79 Å². The van der Waals surface area contributed by atoms with Crippen LogP contribution in [0.2, 0.25) is 0 Å². The van der Waals surface area contributed by atoms with Crippen molar-refractivity contribution in [3.05, 3.63) is 70.9 Å². The highest BCUT2D eigenvalue weighted by atomic mass is 16.5. The molecule has 0 bridgehead atoms. The van der Waals surface area contributed by atoms with Crippen molar-refractivity contribution >= 4 is 23.2 Å². The van der Waals surface area contributed by atoms with Crippen LogP contribution in [0.4, 0.5) is 17.5 Å². The third-order valence-electron chi connectivity index (χ3n) is 5.35. The Morgan fingerprint density at radius 1 is 1.14 bits per heavy atom. The number of anilines is 3. The van der Waals surface area contributed by atoms with Gasteiger partial charge in [-0.2, -0.15) is 4.98 Å². The number of fused-ring (bicyclic) bond motifs is 1. The molecule has 2 N–H and O–H groups in total. The van der Waals surface area contributed by atoms with Gasteiger partial charge in [0.05, 0.1) is 18.5 Å². The molecular weight excluding hydrogens is 364 g/mol. The molecule has 6 heteroatoms. The van der Waals surface area contributed by atoms with E-state index in [-0.39, 0.29) is 11.7 Å². The number of carbonyl (C=O) groups is 1. The van der Waals surface area contributed by atoms with Crippen LogP contribution in [0.5, 0.6) is 5.75 Å². The number of nitrogens with one attached hydrogen (secondary N) is 2. The molecule has 6 nitrogen and oxygen atoms in total. The predicted molar refractivity (Wildman–Crippen MR) is 114 cm³/mol. The first-order chi connectivity index (χ1) is 14.1. The lowest BCUT2D eigenvalue weighted by Crippen LogP contribution is -2.08. The number of aromatic nitrogens is 2. The quantitative estimate of drug-likeness (QED) is 0.603. The number of ether oxygens (including phenoxy) is 1. The molecule has 3 aromatic rings. The minimum atomic E-state index is -0.00759. The molecule has 0 saturated heterocycles. The van der Waals surface area contributed by atoms with E-state index in [0.29, 0.717) is 22.9 Å². The third kappa shape index (κ3) is 3.66. The second-order valence-corrected chi connectivity index (χ2v) is 7.11. The summed E-state index contributed by atoms with van der Waals surface area (Å²) >= 11 is 0. The zero-order valence-corrected chi connectivity index (χ0v) is 16.8. The van der Waals surface area contributed by atoms with Crippen LogP contribution in [-0.2, 0) is 6.42 Å². The smallest absolute Gasteiger partial charge is 0.229 e. The lowest BCUT2D eigenvalue weighted by atomic mass is 9.97. The minimum Gasteiger partial charge on any atom is -0.495 e. The molecule has 4 rings (SSSR count). The van der Waals surface area contributed by atoms with Crippen molar-refractivity contribution in [1.82, 2.24) is 9.97 Å². The number of ketones is 1. The van der Waals surface area contributed by atoms with E-state index in [1.54, 1.807) is 19.2 Å². The fourth-order valence-electron chi connectivity index (χ4n) is 3.87. The van der Waals surface area contributed by atoms with Crippen molar-refractivity contribution in [2.24, 2.45) is 0 Å². The van der Waals surface area contributed by atoms with Crippen molar-refractivity contribution < 1.29 is 9.53 Å². The van der Waals surface area contributed by atoms with Gasteiger partial charge in [-0.05, 0) is 43.5 Å². The van der Waals surface area contributed by atoms with Gasteiger partial charge in [-0.15, -0.1) is 0 Å². The standard InChI is InChI=1S/C23H24N4O2/c1-14(28)16-9-12-19(20(13-16)29-3)25-23-26-21-17(15-7-5-4-6-8-15)10-11-18(21)22(24-2)27-23/h4-9,12-13,17H,10-11H2,1-3H3,(H2,24,25,26,27). The number of Topliss-reactive ketones (excluding diaryl/α,β-unsaturated/α-hetero) is 1. The van der Waals surface area contributed by atoms with Gasteiger partial charge in [-0.25, -0.2) is 4.98 Å². The number of nitrogens with zero attached hydrogens (tertiary/aromatic N) is 2. The van der Waals surface area contributed by atoms with Gasteiger partial charge in [0.2, 0.25) is 5.95 Å². The summed E-state index contributed by atoms with van der Waals surface area (Å²) in [5, 5.41) is 6.48. The SMILES string of the molecule is CNc1nc(Nc2ccc(C(C)=O)cc2OC)nc2c1CCC2c1ccccc1. The van der Waals surface area contributed by atoms with Crippen LogP contribution >= 0.6 is 0 Å². The van der Waals surface area contributed by atoms with E-state index in [2.05, 4.69) is 39.9 Å². The summed E-state index contributed by atoms with van der Waals surface area (Å²) < 4.78 is 5.46. The van der Waals surface area contributed by atoms with Gasteiger partial charge in [0.25, 0.3) is 0 Å². The third-order valence-corrected chi connectivity index (χ3v) is 5.35. The summed E-state index contributed by atoms with van der Waals surface area (Å²) in [7, 11) is 3.46. The van der Waals surface area contributed by atoms with Crippen LogP contribution < -0.4 is 15.4 Å². The van der Waals surface area contributed by atoms with Crippen LogP contribution in [0.15, 0.2) is 48.5 Å². The summed E-state index contributed by atoms with van der Waals surface area (Å²) in [6.07, 6.45) is 1.96. The molecule has 0 aliphatic heterocycles. The molecule has 0 amide bonds. The van der Waals surface area contributed by atoms with E-state index < -0.39 is 0 Å². The molecule has 0 fully saturated rings. The Hall–Kier alpha value is -3.41. The highest BCUT2D eigenvalue weighted by Crippen LogP contribution is 2.40. The molecule has 1 aromatic heterocycles. The normalized spacial score (nSPS) is 14.9. The Morgan fingerprint density at radius 2 is 1.93 bits per heavy atom. The molecule has 2 aromatic carbocycles. The molecule has 1 aliphatic rings. The average Bonchev–Trinajstić information content (AvgIpc) is 3.18. The molecule has 0 radical (unpaired) electrons. The predicted octanol–water partition coefficient (Wildman–Crippen LogP) is 4.55. The fourth-order valence-corrected chi connectivity index (χ4v) is 3.87. The molecule has 1 unspecified atom stereocenters. The zero-order chi connectivity index (χ0) is 20.4. The van der Waals surface area contributed by atoms with E-state index in [1.165, 1.54) is 18.1 Å². The Bertz CT molecular complexity index is 1050. The van der Waals surface area contributed by atoms with Gasteiger partial charge < -0.3 is 15.4 Å². The average molecular weight is 388 g/mol. The maximum atomic E-state index is 11.7. The molecule has 1 aliphatic carbocycles. The first-order valence-corrected chi connectivity index (χ1v) is 9.70. The Labute approximate surface area is 170 Å². The lowest BCUT2D eigenvalue weighted by Gasteiger charge is -2.16. The number of hydrogen-bond acceptors (Lipinski definition) is 6. The van der Waals surface area contributed by atoms with Crippen LogP contribution in [0.25, 0.3) is 0 Å². The number of benzene rings is 2. The van der Waals surface area contributed by atoms with Gasteiger partial charge in [0.15, 0.2) is 5.78 Å². The van der Waals surface area contributed by atoms with Crippen LogP contribution in [0.1, 0.15) is 46.4 Å². The van der Waals surface area contributed by atoms with Crippen LogP contribution in [0.3, 0.4) is 0 Å².